The van der Waals surface area contributed by atoms with Crippen molar-refractivity contribution in [2.24, 2.45) is 0 Å². The van der Waals surface area contributed by atoms with E-state index >= 15 is 0 Å². The number of carbonyl (C=O) groups excluding carboxylic acids is 1. The summed E-state index contributed by atoms with van der Waals surface area (Å²) in [6.45, 7) is 0. The monoisotopic (exact) mass is 290 g/mol. The van der Waals surface area contributed by atoms with Crippen molar-refractivity contribution >= 4 is 17.3 Å². The summed E-state index contributed by atoms with van der Waals surface area (Å²) >= 11 is 0. The van der Waals surface area contributed by atoms with Gasteiger partial charge in [-0.1, -0.05) is 6.07 Å². The van der Waals surface area contributed by atoms with Crippen molar-refractivity contribution in [1.29, 1.82) is 0 Å². The van der Waals surface area contributed by atoms with Crippen LogP contribution in [0.25, 0.3) is 0 Å². The first-order chi connectivity index (χ1) is 9.90. The number of carbonyl (C=O) groups is 1. The van der Waals surface area contributed by atoms with Gasteiger partial charge in [-0.2, -0.15) is 0 Å². The van der Waals surface area contributed by atoms with E-state index in [0.29, 0.717) is 11.8 Å². The van der Waals surface area contributed by atoms with E-state index in [9.17, 15) is 24.4 Å². The lowest BCUT2D eigenvalue weighted by molar-refractivity contribution is -0.385. The summed E-state index contributed by atoms with van der Waals surface area (Å²) in [4.78, 5) is 23.1. The Balaban J connectivity index is 2.33. The number of nitrogens with zero attached hydrogens (tertiary/aromatic N) is 2. The number of nitro groups is 1. The van der Waals surface area contributed by atoms with Crippen LogP contribution in [-0.4, -0.2) is 23.0 Å². The molecule has 7 heteroatoms. The SMILES string of the molecule is CN(C(=O)c1ccc([N+](=O)[O-])cc1F)c1cccc(O)c1. The van der Waals surface area contributed by atoms with Crippen LogP contribution in [0.3, 0.4) is 0 Å². The highest BCUT2D eigenvalue weighted by Crippen LogP contribution is 2.23. The maximum absolute atomic E-state index is 13.8. The first kappa shape index (κ1) is 14.4. The quantitative estimate of drug-likeness (QED) is 0.695. The molecule has 0 aliphatic carbocycles. The zero-order chi connectivity index (χ0) is 15.6. The van der Waals surface area contributed by atoms with Gasteiger partial charge in [-0.05, 0) is 18.2 Å². The number of halogens is 1. The molecule has 0 heterocycles. The van der Waals surface area contributed by atoms with Gasteiger partial charge in [0.1, 0.15) is 11.6 Å². The Hall–Kier alpha value is -2.96. The van der Waals surface area contributed by atoms with Crippen LogP contribution in [0.5, 0.6) is 5.75 Å². The van der Waals surface area contributed by atoms with Crippen LogP contribution in [0.2, 0.25) is 0 Å². The van der Waals surface area contributed by atoms with E-state index < -0.39 is 22.3 Å². The lowest BCUT2D eigenvalue weighted by atomic mass is 10.1. The minimum atomic E-state index is -0.971. The second kappa shape index (κ2) is 5.58. The molecule has 0 bridgehead atoms. The maximum atomic E-state index is 13.8. The third kappa shape index (κ3) is 2.97. The zero-order valence-electron chi connectivity index (χ0n) is 11.0. The van der Waals surface area contributed by atoms with Crippen molar-refractivity contribution in [2.75, 3.05) is 11.9 Å². The van der Waals surface area contributed by atoms with Gasteiger partial charge in [-0.15, -0.1) is 0 Å². The number of benzene rings is 2. The molecule has 21 heavy (non-hydrogen) atoms. The highest BCUT2D eigenvalue weighted by molar-refractivity contribution is 6.06. The second-order valence-corrected chi connectivity index (χ2v) is 4.31. The number of amides is 1. The summed E-state index contributed by atoms with van der Waals surface area (Å²) in [5.41, 5.74) is -0.340. The lowest BCUT2D eigenvalue weighted by Gasteiger charge is -2.17. The lowest BCUT2D eigenvalue weighted by Crippen LogP contribution is -2.27. The van der Waals surface area contributed by atoms with Crippen molar-refractivity contribution in [1.82, 2.24) is 0 Å². The van der Waals surface area contributed by atoms with Crippen molar-refractivity contribution in [3.8, 4) is 5.75 Å². The normalized spacial score (nSPS) is 10.2. The van der Waals surface area contributed by atoms with Gasteiger partial charge in [0.2, 0.25) is 0 Å². The number of aromatic hydroxyl groups is 1. The molecule has 108 valence electrons. The zero-order valence-corrected chi connectivity index (χ0v) is 11.0. The van der Waals surface area contributed by atoms with Gasteiger partial charge in [0.15, 0.2) is 0 Å². The molecule has 0 spiro atoms. The molecular formula is C14H11FN2O4. The number of phenolic OH excluding ortho intramolecular Hbond substituents is 1. The van der Waals surface area contributed by atoms with Crippen molar-refractivity contribution in [2.45, 2.75) is 0 Å². The van der Waals surface area contributed by atoms with Gasteiger partial charge in [0, 0.05) is 24.9 Å². The molecule has 0 aromatic heterocycles. The molecule has 0 unspecified atom stereocenters. The molecule has 0 saturated heterocycles. The smallest absolute Gasteiger partial charge is 0.272 e. The Morgan fingerprint density at radius 1 is 1.29 bits per heavy atom. The summed E-state index contributed by atoms with van der Waals surface area (Å²) in [6.07, 6.45) is 0. The number of hydrogen-bond acceptors (Lipinski definition) is 4. The fraction of sp³-hybridized carbons (Fsp3) is 0.0714. The first-order valence-corrected chi connectivity index (χ1v) is 5.91. The molecule has 2 aromatic rings. The van der Waals surface area contributed by atoms with E-state index in [0.717, 1.165) is 17.0 Å². The average molecular weight is 290 g/mol. The molecule has 0 atom stereocenters. The number of hydrogen-bond donors (Lipinski definition) is 1. The van der Waals surface area contributed by atoms with Crippen LogP contribution in [0, 0.1) is 15.9 Å². The van der Waals surface area contributed by atoms with Crippen LogP contribution in [-0.2, 0) is 0 Å². The van der Waals surface area contributed by atoms with E-state index in [4.69, 9.17) is 0 Å². The fourth-order valence-corrected chi connectivity index (χ4v) is 1.79. The molecule has 1 N–H and O–H groups in total. The van der Waals surface area contributed by atoms with Gasteiger partial charge in [0.25, 0.3) is 11.6 Å². The van der Waals surface area contributed by atoms with Gasteiger partial charge in [-0.25, -0.2) is 4.39 Å². The van der Waals surface area contributed by atoms with Gasteiger partial charge >= 0.3 is 0 Å². The number of rotatable bonds is 3. The van der Waals surface area contributed by atoms with Gasteiger partial charge < -0.3 is 10.0 Å². The molecule has 0 aliphatic rings. The van der Waals surface area contributed by atoms with Crippen LogP contribution in [0.1, 0.15) is 10.4 Å². The van der Waals surface area contributed by atoms with E-state index in [1.807, 2.05) is 0 Å². The number of phenols is 1. The Labute approximate surface area is 119 Å². The van der Waals surface area contributed by atoms with Crippen LogP contribution < -0.4 is 4.90 Å². The van der Waals surface area contributed by atoms with Gasteiger partial charge in [0.05, 0.1) is 16.6 Å². The Bertz CT molecular complexity index is 718. The predicted molar refractivity (Wildman–Crippen MR) is 73.9 cm³/mol. The van der Waals surface area contributed by atoms with E-state index in [1.165, 1.54) is 19.2 Å². The average Bonchev–Trinajstić information content (AvgIpc) is 2.45. The largest absolute Gasteiger partial charge is 0.508 e. The van der Waals surface area contributed by atoms with Crippen LogP contribution in [0.4, 0.5) is 15.8 Å². The Kier molecular flexibility index (Phi) is 3.84. The van der Waals surface area contributed by atoms with Crippen LogP contribution in [0.15, 0.2) is 42.5 Å². The highest BCUT2D eigenvalue weighted by atomic mass is 19.1. The van der Waals surface area contributed by atoms with Crippen molar-refractivity contribution in [3.63, 3.8) is 0 Å². The molecule has 1 amide bonds. The van der Waals surface area contributed by atoms with E-state index in [-0.39, 0.29) is 11.3 Å². The Morgan fingerprint density at radius 3 is 2.57 bits per heavy atom. The standard InChI is InChI=1S/C14H11FN2O4/c1-16(9-3-2-4-11(18)7-9)14(19)12-6-5-10(17(20)21)8-13(12)15/h2-8,18H,1H3. The number of nitro benzene ring substituents is 1. The molecule has 0 radical (unpaired) electrons. The minimum absolute atomic E-state index is 0.0312. The van der Waals surface area contributed by atoms with Crippen molar-refractivity contribution in [3.05, 3.63) is 64.0 Å². The third-order valence-corrected chi connectivity index (χ3v) is 2.92. The highest BCUT2D eigenvalue weighted by Gasteiger charge is 2.20. The molecule has 2 rings (SSSR count). The predicted octanol–water partition coefficient (Wildman–Crippen LogP) is 2.72. The minimum Gasteiger partial charge on any atom is -0.508 e. The Morgan fingerprint density at radius 2 is 2.00 bits per heavy atom. The first-order valence-electron chi connectivity index (χ1n) is 5.91. The summed E-state index contributed by atoms with van der Waals surface area (Å²) in [7, 11) is 1.41. The van der Waals surface area contributed by atoms with Gasteiger partial charge in [-0.3, -0.25) is 14.9 Å². The topological polar surface area (TPSA) is 83.7 Å². The van der Waals surface area contributed by atoms with E-state index in [2.05, 4.69) is 0 Å². The summed E-state index contributed by atoms with van der Waals surface area (Å²) in [5, 5.41) is 19.9. The molecule has 0 saturated carbocycles. The van der Waals surface area contributed by atoms with Crippen molar-refractivity contribution < 1.29 is 19.2 Å². The molecule has 6 nitrogen and oxygen atoms in total. The van der Waals surface area contributed by atoms with E-state index in [1.54, 1.807) is 12.1 Å². The summed E-state index contributed by atoms with van der Waals surface area (Å²) < 4.78 is 13.8. The fourth-order valence-electron chi connectivity index (χ4n) is 1.79. The molecule has 0 fully saturated rings. The summed E-state index contributed by atoms with van der Waals surface area (Å²) in [6, 6.07) is 8.72. The number of anilines is 1. The second-order valence-electron chi connectivity index (χ2n) is 4.31. The summed E-state index contributed by atoms with van der Waals surface area (Å²) in [5.74, 6) is -1.68. The third-order valence-electron chi connectivity index (χ3n) is 2.92. The number of non-ortho nitro benzene ring substituents is 1. The van der Waals surface area contributed by atoms with Crippen LogP contribution >= 0.6 is 0 Å². The maximum Gasteiger partial charge on any atom is 0.272 e. The molecular weight excluding hydrogens is 279 g/mol. The molecule has 0 aliphatic heterocycles. The molecule has 2 aromatic carbocycles.